The van der Waals surface area contributed by atoms with E-state index in [9.17, 15) is 4.79 Å². The topological polar surface area (TPSA) is 63.3 Å². The van der Waals surface area contributed by atoms with Crippen LogP contribution >= 0.6 is 0 Å². The van der Waals surface area contributed by atoms with Crippen LogP contribution in [-0.4, -0.2) is 16.1 Å². The molecule has 94 valence electrons. The Kier molecular flexibility index (Phi) is 3.19. The van der Waals surface area contributed by atoms with Crippen molar-refractivity contribution in [2.75, 3.05) is 0 Å². The molecule has 1 N–H and O–H groups in total. The van der Waals surface area contributed by atoms with Crippen molar-refractivity contribution in [1.29, 1.82) is 0 Å². The molecule has 1 aromatic heterocycles. The Hall–Kier alpha value is -2.10. The minimum atomic E-state index is -0.901. The predicted octanol–water partition coefficient (Wildman–Crippen LogP) is 3.15. The van der Waals surface area contributed by atoms with Crippen LogP contribution < -0.4 is 0 Å². The first-order chi connectivity index (χ1) is 8.49. The van der Waals surface area contributed by atoms with Crippen LogP contribution in [-0.2, 0) is 4.79 Å². The van der Waals surface area contributed by atoms with E-state index in [0.29, 0.717) is 17.3 Å². The molecule has 4 nitrogen and oxygen atoms in total. The van der Waals surface area contributed by atoms with Crippen LogP contribution in [0.3, 0.4) is 0 Å². The number of carboxylic acids is 1. The molecule has 0 radical (unpaired) electrons. The minimum absolute atomic E-state index is 0.468. The van der Waals surface area contributed by atoms with E-state index in [1.807, 2.05) is 31.2 Å². The lowest BCUT2D eigenvalue weighted by atomic mass is 10.1. The van der Waals surface area contributed by atoms with Gasteiger partial charge in [-0.3, -0.25) is 4.79 Å². The number of hydrogen-bond donors (Lipinski definition) is 1. The molecule has 0 spiro atoms. The summed E-state index contributed by atoms with van der Waals surface area (Å²) in [5.74, 6) is -0.536. The van der Waals surface area contributed by atoms with Crippen LogP contribution in [0.2, 0.25) is 0 Å². The van der Waals surface area contributed by atoms with Crippen molar-refractivity contribution in [3.05, 3.63) is 41.3 Å². The molecule has 0 aliphatic rings. The molecule has 1 unspecified atom stereocenters. The molecular weight excluding hydrogens is 230 g/mol. The summed E-state index contributed by atoms with van der Waals surface area (Å²) in [6.45, 7) is 5.34. The molecule has 0 aliphatic carbocycles. The summed E-state index contributed by atoms with van der Waals surface area (Å²) in [6.07, 6.45) is 0. The molecule has 0 fully saturated rings. The fourth-order valence-electron chi connectivity index (χ4n) is 1.75. The van der Waals surface area contributed by atoms with E-state index in [1.54, 1.807) is 13.8 Å². The molecule has 2 aromatic rings. The van der Waals surface area contributed by atoms with Gasteiger partial charge in [0, 0.05) is 5.56 Å². The van der Waals surface area contributed by atoms with Gasteiger partial charge in [0.05, 0.1) is 11.6 Å². The molecule has 0 bridgehead atoms. The zero-order valence-electron chi connectivity index (χ0n) is 10.6. The number of carboxylic acid groups (broad SMARTS) is 1. The zero-order valence-corrected chi connectivity index (χ0v) is 10.6. The van der Waals surface area contributed by atoms with E-state index < -0.39 is 11.9 Å². The number of oxazole rings is 1. The lowest BCUT2D eigenvalue weighted by Crippen LogP contribution is -2.08. The number of aromatic nitrogens is 1. The number of aryl methyl sites for hydroxylation is 2. The van der Waals surface area contributed by atoms with Crippen LogP contribution in [0.4, 0.5) is 0 Å². The molecule has 2 rings (SSSR count). The Bertz CT molecular complexity index is 569. The normalized spacial score (nSPS) is 12.4. The van der Waals surface area contributed by atoms with Crippen molar-refractivity contribution >= 4 is 5.97 Å². The first kappa shape index (κ1) is 12.4. The molecule has 18 heavy (non-hydrogen) atoms. The monoisotopic (exact) mass is 245 g/mol. The second-order valence-corrected chi connectivity index (χ2v) is 4.39. The third kappa shape index (κ3) is 2.27. The van der Waals surface area contributed by atoms with Gasteiger partial charge in [-0.25, -0.2) is 4.98 Å². The SMILES string of the molecule is Cc1ccc(-c2nc(C(C)C(=O)O)c(C)o2)cc1. The Morgan fingerprint density at radius 2 is 1.89 bits per heavy atom. The third-order valence-corrected chi connectivity index (χ3v) is 2.91. The number of nitrogens with zero attached hydrogens (tertiary/aromatic N) is 1. The second-order valence-electron chi connectivity index (χ2n) is 4.39. The maximum atomic E-state index is 11.0. The van der Waals surface area contributed by atoms with Gasteiger partial charge in [-0.05, 0) is 32.9 Å². The maximum absolute atomic E-state index is 11.0. The quantitative estimate of drug-likeness (QED) is 0.902. The van der Waals surface area contributed by atoms with E-state index in [1.165, 1.54) is 0 Å². The van der Waals surface area contributed by atoms with Gasteiger partial charge in [0.2, 0.25) is 5.89 Å². The van der Waals surface area contributed by atoms with Crippen molar-refractivity contribution in [2.24, 2.45) is 0 Å². The maximum Gasteiger partial charge on any atom is 0.312 e. The second kappa shape index (κ2) is 4.64. The highest BCUT2D eigenvalue weighted by Gasteiger charge is 2.22. The third-order valence-electron chi connectivity index (χ3n) is 2.91. The molecule has 1 heterocycles. The zero-order chi connectivity index (χ0) is 13.3. The van der Waals surface area contributed by atoms with E-state index in [-0.39, 0.29) is 0 Å². The average Bonchev–Trinajstić information content (AvgIpc) is 2.71. The summed E-state index contributed by atoms with van der Waals surface area (Å²) in [6, 6.07) is 7.76. The summed E-state index contributed by atoms with van der Waals surface area (Å²) in [5, 5.41) is 8.99. The van der Waals surface area contributed by atoms with Crippen LogP contribution in [0.5, 0.6) is 0 Å². The van der Waals surface area contributed by atoms with Crippen LogP contribution in [0, 0.1) is 13.8 Å². The molecule has 0 aliphatic heterocycles. The summed E-state index contributed by atoms with van der Waals surface area (Å²) >= 11 is 0. The summed E-state index contributed by atoms with van der Waals surface area (Å²) in [5.41, 5.74) is 2.49. The smallest absolute Gasteiger partial charge is 0.312 e. The molecule has 0 saturated carbocycles. The predicted molar refractivity (Wildman–Crippen MR) is 67.5 cm³/mol. The van der Waals surface area contributed by atoms with Crippen LogP contribution in [0.1, 0.15) is 29.9 Å². The number of hydrogen-bond acceptors (Lipinski definition) is 3. The molecule has 0 saturated heterocycles. The van der Waals surface area contributed by atoms with E-state index in [0.717, 1.165) is 11.1 Å². The lowest BCUT2D eigenvalue weighted by molar-refractivity contribution is -0.138. The molecule has 1 atom stereocenters. The lowest BCUT2D eigenvalue weighted by Gasteiger charge is -2.00. The Morgan fingerprint density at radius 3 is 2.44 bits per heavy atom. The van der Waals surface area contributed by atoms with E-state index in [2.05, 4.69) is 4.98 Å². The van der Waals surface area contributed by atoms with Gasteiger partial charge in [0.15, 0.2) is 0 Å². The van der Waals surface area contributed by atoms with Crippen molar-refractivity contribution in [3.8, 4) is 11.5 Å². The van der Waals surface area contributed by atoms with Crippen molar-refractivity contribution in [2.45, 2.75) is 26.7 Å². The average molecular weight is 245 g/mol. The summed E-state index contributed by atoms with van der Waals surface area (Å²) < 4.78 is 5.54. The Morgan fingerprint density at radius 1 is 1.28 bits per heavy atom. The van der Waals surface area contributed by atoms with Gasteiger partial charge in [0.25, 0.3) is 0 Å². The fraction of sp³-hybridized carbons (Fsp3) is 0.286. The molecule has 4 heteroatoms. The fourth-order valence-corrected chi connectivity index (χ4v) is 1.75. The van der Waals surface area contributed by atoms with Gasteiger partial charge in [-0.15, -0.1) is 0 Å². The summed E-state index contributed by atoms with van der Waals surface area (Å²) in [4.78, 5) is 15.2. The van der Waals surface area contributed by atoms with Crippen molar-refractivity contribution < 1.29 is 14.3 Å². The Balaban J connectivity index is 2.40. The van der Waals surface area contributed by atoms with Gasteiger partial charge in [-0.2, -0.15) is 0 Å². The van der Waals surface area contributed by atoms with Gasteiger partial charge in [0.1, 0.15) is 5.76 Å². The van der Waals surface area contributed by atoms with E-state index >= 15 is 0 Å². The first-order valence-corrected chi connectivity index (χ1v) is 5.76. The highest BCUT2D eigenvalue weighted by molar-refractivity contribution is 5.75. The van der Waals surface area contributed by atoms with Crippen molar-refractivity contribution in [1.82, 2.24) is 4.98 Å². The number of benzene rings is 1. The van der Waals surface area contributed by atoms with Gasteiger partial charge in [-0.1, -0.05) is 17.7 Å². The van der Waals surface area contributed by atoms with Gasteiger partial charge >= 0.3 is 5.97 Å². The highest BCUT2D eigenvalue weighted by Crippen LogP contribution is 2.26. The largest absolute Gasteiger partial charge is 0.481 e. The first-order valence-electron chi connectivity index (χ1n) is 5.76. The standard InChI is InChI=1S/C14H15NO3/c1-8-4-6-11(7-5-8)13-15-12(10(3)18-13)9(2)14(16)17/h4-7,9H,1-3H3,(H,16,17). The molecule has 1 aromatic carbocycles. The van der Waals surface area contributed by atoms with Crippen LogP contribution in [0.15, 0.2) is 28.7 Å². The minimum Gasteiger partial charge on any atom is -0.481 e. The molecular formula is C14H15NO3. The van der Waals surface area contributed by atoms with Crippen LogP contribution in [0.25, 0.3) is 11.5 Å². The summed E-state index contributed by atoms with van der Waals surface area (Å²) in [7, 11) is 0. The van der Waals surface area contributed by atoms with Gasteiger partial charge < -0.3 is 9.52 Å². The van der Waals surface area contributed by atoms with Crippen molar-refractivity contribution in [3.63, 3.8) is 0 Å². The number of rotatable bonds is 3. The van der Waals surface area contributed by atoms with E-state index in [4.69, 9.17) is 9.52 Å². The number of aliphatic carboxylic acids is 1. The highest BCUT2D eigenvalue weighted by atomic mass is 16.4. The Labute approximate surface area is 105 Å². The number of carbonyl (C=O) groups is 1. The molecule has 0 amide bonds.